The summed E-state index contributed by atoms with van der Waals surface area (Å²) in [6, 6.07) is 0.907. The van der Waals surface area contributed by atoms with Crippen LogP contribution < -0.4 is 0 Å². The summed E-state index contributed by atoms with van der Waals surface area (Å²) in [5.41, 5.74) is 0. The highest BCUT2D eigenvalue weighted by atomic mass is 28.2. The van der Waals surface area contributed by atoms with E-state index in [1.165, 1.54) is 6.08 Å². The van der Waals surface area contributed by atoms with Crippen molar-refractivity contribution in [3.8, 4) is 0 Å². The molecule has 14 heavy (non-hydrogen) atoms. The molecule has 0 saturated carbocycles. The van der Waals surface area contributed by atoms with E-state index >= 15 is 0 Å². The van der Waals surface area contributed by atoms with Gasteiger partial charge in [0.25, 0.3) is 0 Å². The number of esters is 1. The zero-order valence-corrected chi connectivity index (χ0v) is 12.0. The van der Waals surface area contributed by atoms with Gasteiger partial charge in [0.05, 0.1) is 6.61 Å². The Morgan fingerprint density at radius 2 is 2.50 bits per heavy atom. The van der Waals surface area contributed by atoms with Gasteiger partial charge >= 0.3 is 16.4 Å². The Morgan fingerprint density at radius 1 is 1.79 bits per heavy atom. The van der Waals surface area contributed by atoms with Crippen LogP contribution in [0.25, 0.3) is 0 Å². The van der Waals surface area contributed by atoms with E-state index in [0.29, 0.717) is 17.0 Å². The van der Waals surface area contributed by atoms with Crippen LogP contribution in [-0.2, 0) is 9.53 Å². The first-order valence-electron chi connectivity index (χ1n) is 4.54. The van der Waals surface area contributed by atoms with Gasteiger partial charge in [-0.1, -0.05) is 6.08 Å². The average Bonchev–Trinajstić information content (AvgIpc) is 2.11. The predicted octanol–water partition coefficient (Wildman–Crippen LogP) is -0.759. The topological polar surface area (TPSA) is 64.7 Å². The molecule has 0 radical (unpaired) electrons. The van der Waals surface area contributed by atoms with Gasteiger partial charge in [-0.3, -0.25) is 0 Å². The van der Waals surface area contributed by atoms with Crippen molar-refractivity contribution in [2.75, 3.05) is 6.61 Å². The molecule has 0 spiro atoms. The van der Waals surface area contributed by atoms with Crippen molar-refractivity contribution in [1.82, 2.24) is 0 Å². The summed E-state index contributed by atoms with van der Waals surface area (Å²) < 4.78 is 9.40. The fraction of sp³-hybridized carbons (Fsp3) is 0.571. The highest BCUT2D eigenvalue weighted by molar-refractivity contribution is 6.32. The van der Waals surface area contributed by atoms with Crippen molar-refractivity contribution < 1.29 is 14.1 Å². The minimum atomic E-state index is -0.629. The van der Waals surface area contributed by atoms with Gasteiger partial charge in [0.15, 0.2) is 0 Å². The molecule has 0 aliphatic rings. The molecule has 80 valence electrons. The monoisotopic (exact) mass is 232 g/mol. The minimum Gasteiger partial charge on any atom is -0.622 e. The molecular formula is C7H16N2O3Si2. The molecule has 0 bridgehead atoms. The number of rotatable bonds is 6. The minimum absolute atomic E-state index is 0.306. The van der Waals surface area contributed by atoms with Crippen molar-refractivity contribution >= 4 is 26.1 Å². The quantitative estimate of drug-likeness (QED) is 0.151. The van der Waals surface area contributed by atoms with Gasteiger partial charge in [-0.2, -0.15) is 4.53 Å². The number of hydrogen-bond acceptors (Lipinski definition) is 4. The molecule has 0 rings (SSSR count). The Morgan fingerprint density at radius 3 is 3.07 bits per heavy atom. The zero-order chi connectivity index (χ0) is 10.8. The molecule has 0 aliphatic heterocycles. The van der Waals surface area contributed by atoms with Gasteiger partial charge in [-0.25, -0.2) is 4.79 Å². The second-order valence-corrected chi connectivity index (χ2v) is 4.91. The summed E-state index contributed by atoms with van der Waals surface area (Å²) in [6.45, 7) is 2.19. The van der Waals surface area contributed by atoms with E-state index < -0.39 is 9.68 Å². The third-order valence-electron chi connectivity index (χ3n) is 1.40. The second kappa shape index (κ2) is 8.63. The molecule has 0 amide bonds. The van der Waals surface area contributed by atoms with Crippen LogP contribution in [-0.4, -0.2) is 37.2 Å². The molecule has 0 aliphatic carbocycles. The fourth-order valence-corrected chi connectivity index (χ4v) is 2.23. The highest BCUT2D eigenvalue weighted by Gasteiger charge is 1.96. The normalized spacial score (nSPS) is 13.1. The molecule has 0 saturated heterocycles. The molecule has 0 aromatic heterocycles. The van der Waals surface area contributed by atoms with Gasteiger partial charge in [0.1, 0.15) is 0 Å². The Labute approximate surface area is 88.8 Å². The third-order valence-corrected chi connectivity index (χ3v) is 3.66. The lowest BCUT2D eigenvalue weighted by atomic mass is 10.5. The number of hydrogen-bond donors (Lipinski definition) is 0. The van der Waals surface area contributed by atoms with Crippen LogP contribution in [0.5, 0.6) is 0 Å². The lowest BCUT2D eigenvalue weighted by Crippen LogP contribution is -2.03. The van der Waals surface area contributed by atoms with Crippen LogP contribution in [0.4, 0.5) is 0 Å². The van der Waals surface area contributed by atoms with E-state index in [1.54, 1.807) is 13.0 Å². The van der Waals surface area contributed by atoms with Crippen molar-refractivity contribution in [1.29, 1.82) is 0 Å². The number of allylic oxidation sites excluding steroid dienone is 1. The summed E-state index contributed by atoms with van der Waals surface area (Å²) in [4.78, 5) is 10.8. The van der Waals surface area contributed by atoms with Gasteiger partial charge in [0, 0.05) is 6.08 Å². The molecule has 0 atom stereocenters. The Kier molecular flexibility index (Phi) is 8.04. The molecular weight excluding hydrogens is 216 g/mol. The maximum absolute atomic E-state index is 10.8. The highest BCUT2D eigenvalue weighted by Crippen LogP contribution is 1.92. The van der Waals surface area contributed by atoms with Crippen molar-refractivity contribution in [3.63, 3.8) is 0 Å². The van der Waals surface area contributed by atoms with E-state index in [9.17, 15) is 10.0 Å². The zero-order valence-electron chi connectivity index (χ0n) is 8.60. The summed E-state index contributed by atoms with van der Waals surface area (Å²) in [7, 11) is -0.191. The van der Waals surface area contributed by atoms with Crippen LogP contribution in [0.2, 0.25) is 6.04 Å². The SMILES string of the molecule is CC=CC(=O)OCCC[SiH2]N=[N+]([O-])[SiH3]. The van der Waals surface area contributed by atoms with Gasteiger partial charge in [0.2, 0.25) is 9.68 Å². The molecule has 0 heterocycles. The van der Waals surface area contributed by atoms with Crippen LogP contribution in [0, 0.1) is 5.21 Å². The molecule has 7 heteroatoms. The van der Waals surface area contributed by atoms with Crippen LogP contribution in [0.3, 0.4) is 0 Å². The summed E-state index contributed by atoms with van der Waals surface area (Å²) in [6.07, 6.45) is 3.83. The number of nitrogens with zero attached hydrogens (tertiary/aromatic N) is 2. The standard InChI is InChI=1S/C7H16N2O3Si2/c1-2-4-7(10)12-5-3-6-14-8-9(11)13/h2,4H,3,5-6,14H2,1,13H3. The molecule has 0 aromatic carbocycles. The Bertz CT molecular complexity index is 227. The predicted molar refractivity (Wildman–Crippen MR) is 59.7 cm³/mol. The van der Waals surface area contributed by atoms with Gasteiger partial charge in [-0.15, -0.1) is 4.78 Å². The number of ether oxygens (including phenoxy) is 1. The first-order chi connectivity index (χ1) is 6.66. The van der Waals surface area contributed by atoms with E-state index in [4.69, 9.17) is 4.74 Å². The van der Waals surface area contributed by atoms with Crippen LogP contribution in [0.1, 0.15) is 13.3 Å². The molecule has 0 aromatic rings. The molecule has 0 fully saturated rings. The lowest BCUT2D eigenvalue weighted by Gasteiger charge is -1.99. The summed E-state index contributed by atoms with van der Waals surface area (Å²) in [5, 5.41) is 10.4. The Hall–Kier alpha value is -0.956. The van der Waals surface area contributed by atoms with E-state index in [0.717, 1.165) is 17.0 Å². The smallest absolute Gasteiger partial charge is 0.352 e. The van der Waals surface area contributed by atoms with Crippen LogP contribution >= 0.6 is 0 Å². The van der Waals surface area contributed by atoms with Crippen molar-refractivity contribution in [2.45, 2.75) is 19.4 Å². The summed E-state index contributed by atoms with van der Waals surface area (Å²) in [5.74, 6) is -0.306. The first-order valence-corrected chi connectivity index (χ1v) is 7.07. The van der Waals surface area contributed by atoms with E-state index in [-0.39, 0.29) is 5.97 Å². The van der Waals surface area contributed by atoms with Crippen molar-refractivity contribution in [2.24, 2.45) is 4.78 Å². The average molecular weight is 232 g/mol. The van der Waals surface area contributed by atoms with Gasteiger partial charge < -0.3 is 9.94 Å². The maximum Gasteiger partial charge on any atom is 0.352 e. The second-order valence-electron chi connectivity index (χ2n) is 2.70. The largest absolute Gasteiger partial charge is 0.622 e. The van der Waals surface area contributed by atoms with Crippen LogP contribution in [0.15, 0.2) is 16.9 Å². The number of carbonyl (C=O) groups excluding carboxylic acids is 1. The summed E-state index contributed by atoms with van der Waals surface area (Å²) >= 11 is 0. The maximum atomic E-state index is 10.8. The number of carbonyl (C=O) groups is 1. The fourth-order valence-electron chi connectivity index (χ4n) is 0.782. The molecule has 5 nitrogen and oxygen atoms in total. The third kappa shape index (κ3) is 9.13. The van der Waals surface area contributed by atoms with Crippen molar-refractivity contribution in [3.05, 3.63) is 17.4 Å². The Balaban J connectivity index is 3.30. The molecule has 0 unspecified atom stereocenters. The lowest BCUT2D eigenvalue weighted by molar-refractivity contribution is -0.362. The molecule has 0 N–H and O–H groups in total. The van der Waals surface area contributed by atoms with Gasteiger partial charge in [-0.05, 0) is 19.4 Å². The first kappa shape index (κ1) is 13.0. The van der Waals surface area contributed by atoms with E-state index in [2.05, 4.69) is 4.78 Å². The van der Waals surface area contributed by atoms with E-state index in [1.807, 2.05) is 0 Å².